The molecule has 1 saturated heterocycles. The van der Waals surface area contributed by atoms with Crippen LogP contribution in [0.25, 0.3) is 11.0 Å². The number of nitrogens with zero attached hydrogens (tertiary/aromatic N) is 1. The first-order valence-electron chi connectivity index (χ1n) is 6.97. The van der Waals surface area contributed by atoms with Crippen molar-refractivity contribution >= 4 is 17.3 Å². The highest BCUT2D eigenvalue weighted by molar-refractivity contribution is 5.90. The maximum Gasteiger partial charge on any atom is 0.151 e. The van der Waals surface area contributed by atoms with Crippen molar-refractivity contribution in [3.63, 3.8) is 0 Å². The Morgan fingerprint density at radius 3 is 3.11 bits per heavy atom. The number of hydrogen-bond acceptors (Lipinski definition) is 3. The molecule has 0 bridgehead atoms. The zero-order valence-electron chi connectivity index (χ0n) is 11.2. The highest BCUT2D eigenvalue weighted by Crippen LogP contribution is 2.39. The molecule has 2 aromatic rings. The molecule has 19 heavy (non-hydrogen) atoms. The first kappa shape index (κ1) is 12.4. The minimum absolute atomic E-state index is 0.0611. The van der Waals surface area contributed by atoms with E-state index in [-0.39, 0.29) is 5.54 Å². The molecule has 2 N–H and O–H groups in total. The Morgan fingerprint density at radius 2 is 2.42 bits per heavy atom. The third-order valence-electron chi connectivity index (χ3n) is 4.14. The van der Waals surface area contributed by atoms with Crippen LogP contribution in [0.5, 0.6) is 0 Å². The average molecular weight is 257 g/mol. The van der Waals surface area contributed by atoms with Crippen LogP contribution in [0.1, 0.15) is 48.5 Å². The Morgan fingerprint density at radius 1 is 1.53 bits per heavy atom. The Labute approximate surface area is 112 Å². The van der Waals surface area contributed by atoms with Gasteiger partial charge in [-0.1, -0.05) is 13.3 Å². The van der Waals surface area contributed by atoms with Crippen LogP contribution in [-0.4, -0.2) is 22.8 Å². The molecule has 1 fully saturated rings. The number of hydrogen-bond donors (Lipinski definition) is 2. The van der Waals surface area contributed by atoms with Crippen LogP contribution in [0, 0.1) is 0 Å². The summed E-state index contributed by atoms with van der Waals surface area (Å²) in [5.74, 6) is 0. The Kier molecular flexibility index (Phi) is 3.11. The van der Waals surface area contributed by atoms with Crippen molar-refractivity contribution in [3.8, 4) is 0 Å². The molecule has 3 heterocycles. The van der Waals surface area contributed by atoms with Crippen LogP contribution in [0.4, 0.5) is 0 Å². The topological polar surface area (TPSA) is 57.8 Å². The first-order valence-corrected chi connectivity index (χ1v) is 6.97. The summed E-state index contributed by atoms with van der Waals surface area (Å²) < 4.78 is 0. The van der Waals surface area contributed by atoms with Gasteiger partial charge in [-0.15, -0.1) is 0 Å². The van der Waals surface area contributed by atoms with E-state index in [1.165, 1.54) is 0 Å². The van der Waals surface area contributed by atoms with Gasteiger partial charge in [0, 0.05) is 28.9 Å². The van der Waals surface area contributed by atoms with Crippen molar-refractivity contribution in [2.24, 2.45) is 0 Å². The summed E-state index contributed by atoms with van der Waals surface area (Å²) in [6.45, 7) is 3.21. The van der Waals surface area contributed by atoms with E-state index in [2.05, 4.69) is 22.2 Å². The molecule has 3 rings (SSSR count). The molecule has 0 saturated carbocycles. The number of H-pyrrole nitrogens is 1. The van der Waals surface area contributed by atoms with Gasteiger partial charge in [-0.05, 0) is 37.4 Å². The predicted molar refractivity (Wildman–Crippen MR) is 75.3 cm³/mol. The average Bonchev–Trinajstić information content (AvgIpc) is 3.06. The first-order chi connectivity index (χ1) is 9.30. The number of carbonyl (C=O) groups is 1. The largest absolute Gasteiger partial charge is 0.346 e. The Balaban J connectivity index is 2.26. The van der Waals surface area contributed by atoms with Crippen molar-refractivity contribution in [1.29, 1.82) is 0 Å². The number of rotatable bonds is 4. The zero-order chi connectivity index (χ0) is 13.3. The Bertz CT molecular complexity index is 596. The second kappa shape index (κ2) is 4.78. The van der Waals surface area contributed by atoms with E-state index in [0.29, 0.717) is 0 Å². The van der Waals surface area contributed by atoms with Gasteiger partial charge in [0.1, 0.15) is 5.65 Å². The maximum atomic E-state index is 11.4. The fourth-order valence-corrected chi connectivity index (χ4v) is 3.43. The number of aromatic nitrogens is 2. The normalized spacial score (nSPS) is 23.0. The number of pyridine rings is 1. The molecule has 0 radical (unpaired) electrons. The van der Waals surface area contributed by atoms with Crippen molar-refractivity contribution in [2.45, 2.75) is 38.1 Å². The van der Waals surface area contributed by atoms with Crippen molar-refractivity contribution in [1.82, 2.24) is 15.3 Å². The van der Waals surface area contributed by atoms with Gasteiger partial charge in [-0.3, -0.25) is 4.79 Å². The van der Waals surface area contributed by atoms with Gasteiger partial charge in [-0.2, -0.15) is 0 Å². The van der Waals surface area contributed by atoms with Crippen molar-refractivity contribution < 1.29 is 4.79 Å². The number of carbonyl (C=O) groups excluding carboxylic acids is 1. The van der Waals surface area contributed by atoms with E-state index in [1.807, 2.05) is 12.3 Å². The van der Waals surface area contributed by atoms with Crippen molar-refractivity contribution in [2.75, 3.05) is 6.54 Å². The quantitative estimate of drug-likeness (QED) is 0.828. The molecule has 1 aliphatic heterocycles. The summed E-state index contributed by atoms with van der Waals surface area (Å²) in [5, 5.41) is 4.72. The van der Waals surface area contributed by atoms with E-state index < -0.39 is 0 Å². The molecule has 4 nitrogen and oxygen atoms in total. The summed E-state index contributed by atoms with van der Waals surface area (Å²) in [7, 11) is 0. The van der Waals surface area contributed by atoms with Crippen LogP contribution >= 0.6 is 0 Å². The van der Waals surface area contributed by atoms with Crippen molar-refractivity contribution in [3.05, 3.63) is 29.6 Å². The molecule has 0 aromatic carbocycles. The molecule has 1 aliphatic rings. The molecule has 0 spiro atoms. The molecule has 0 aliphatic carbocycles. The summed E-state index contributed by atoms with van der Waals surface area (Å²) in [4.78, 5) is 18.9. The summed E-state index contributed by atoms with van der Waals surface area (Å²) in [6, 6.07) is 2.03. The lowest BCUT2D eigenvalue weighted by atomic mass is 9.81. The lowest BCUT2D eigenvalue weighted by Crippen LogP contribution is -2.37. The minimum Gasteiger partial charge on any atom is -0.346 e. The maximum absolute atomic E-state index is 11.4. The van der Waals surface area contributed by atoms with E-state index in [4.69, 9.17) is 0 Å². The molecule has 100 valence electrons. The van der Waals surface area contributed by atoms with E-state index >= 15 is 0 Å². The van der Waals surface area contributed by atoms with E-state index in [0.717, 1.165) is 60.7 Å². The molecule has 0 amide bonds. The number of aldehydes is 1. The van der Waals surface area contributed by atoms with Gasteiger partial charge in [0.25, 0.3) is 0 Å². The van der Waals surface area contributed by atoms with Crippen LogP contribution in [0.15, 0.2) is 18.5 Å². The third-order valence-corrected chi connectivity index (χ3v) is 4.14. The Hall–Kier alpha value is -1.68. The van der Waals surface area contributed by atoms with Crippen LogP contribution in [0.2, 0.25) is 0 Å². The van der Waals surface area contributed by atoms with Crippen LogP contribution in [-0.2, 0) is 5.54 Å². The highest BCUT2D eigenvalue weighted by Gasteiger charge is 2.37. The third kappa shape index (κ3) is 1.87. The smallest absolute Gasteiger partial charge is 0.151 e. The lowest BCUT2D eigenvalue weighted by molar-refractivity contribution is 0.112. The van der Waals surface area contributed by atoms with Gasteiger partial charge >= 0.3 is 0 Å². The molecule has 1 atom stereocenters. The van der Waals surface area contributed by atoms with Gasteiger partial charge in [0.05, 0.1) is 0 Å². The number of aromatic amines is 1. The zero-order valence-corrected chi connectivity index (χ0v) is 11.2. The summed E-state index contributed by atoms with van der Waals surface area (Å²) in [5.41, 5.74) is 2.65. The standard InChI is InChI=1S/C15H19N3O/c1-2-5-15(6-3-7-18-15)13-11(10-19)9-17-14-12(13)4-8-16-14/h4,8-10,18H,2-3,5-7H2,1H3,(H,16,17). The van der Waals surface area contributed by atoms with E-state index in [9.17, 15) is 4.79 Å². The highest BCUT2D eigenvalue weighted by atomic mass is 16.1. The second-order valence-corrected chi connectivity index (χ2v) is 5.31. The molecular formula is C15H19N3O. The molecule has 1 unspecified atom stereocenters. The van der Waals surface area contributed by atoms with Gasteiger partial charge in [0.2, 0.25) is 0 Å². The van der Waals surface area contributed by atoms with Crippen LogP contribution < -0.4 is 5.32 Å². The molecule has 2 aromatic heterocycles. The van der Waals surface area contributed by atoms with Gasteiger partial charge < -0.3 is 10.3 Å². The lowest BCUT2D eigenvalue weighted by Gasteiger charge is -2.31. The number of fused-ring (bicyclic) bond motifs is 1. The van der Waals surface area contributed by atoms with E-state index in [1.54, 1.807) is 6.20 Å². The predicted octanol–water partition coefficient (Wildman–Crippen LogP) is 2.75. The van der Waals surface area contributed by atoms with Crippen LogP contribution in [0.3, 0.4) is 0 Å². The van der Waals surface area contributed by atoms with Gasteiger partial charge in [-0.25, -0.2) is 4.98 Å². The number of nitrogens with one attached hydrogen (secondary N) is 2. The minimum atomic E-state index is -0.0611. The SMILES string of the molecule is CCCC1(c2c(C=O)cnc3[nH]ccc23)CCCN1. The van der Waals surface area contributed by atoms with Gasteiger partial charge in [0.15, 0.2) is 6.29 Å². The monoisotopic (exact) mass is 257 g/mol. The fraction of sp³-hybridized carbons (Fsp3) is 0.467. The summed E-state index contributed by atoms with van der Waals surface area (Å²) in [6.07, 6.45) is 8.92. The molecule has 4 heteroatoms. The second-order valence-electron chi connectivity index (χ2n) is 5.31. The fourth-order valence-electron chi connectivity index (χ4n) is 3.43. The molecular weight excluding hydrogens is 238 g/mol. The summed E-state index contributed by atoms with van der Waals surface area (Å²) >= 11 is 0.